The van der Waals surface area contributed by atoms with Crippen LogP contribution in [0.15, 0.2) is 29.5 Å². The summed E-state index contributed by atoms with van der Waals surface area (Å²) in [4.78, 5) is 40.0. The lowest BCUT2D eigenvalue weighted by Gasteiger charge is -2.11. The van der Waals surface area contributed by atoms with Crippen molar-refractivity contribution in [3.8, 4) is 0 Å². The van der Waals surface area contributed by atoms with Crippen LogP contribution in [0.4, 0.5) is 0 Å². The van der Waals surface area contributed by atoms with Crippen LogP contribution in [0.1, 0.15) is 48.7 Å². The SMILES string of the molecule is CC=C=C(C(=O)NCCCOCCOCCCNC)C(=S)NCC(=O)NCCCCNC(=O)c1ccc(C)c(=S)[nH]1. The van der Waals surface area contributed by atoms with E-state index in [1.165, 1.54) is 0 Å². The summed E-state index contributed by atoms with van der Waals surface area (Å²) in [5.41, 5.74) is 4.32. The molecule has 1 aromatic heterocycles. The second kappa shape index (κ2) is 22.7. The lowest BCUT2D eigenvalue weighted by atomic mass is 10.2. The van der Waals surface area contributed by atoms with E-state index in [4.69, 9.17) is 33.9 Å². The van der Waals surface area contributed by atoms with Gasteiger partial charge in [-0.25, -0.2) is 0 Å². The topological polar surface area (TPSA) is 146 Å². The predicted octanol–water partition coefficient (Wildman–Crippen LogP) is 1.85. The summed E-state index contributed by atoms with van der Waals surface area (Å²) in [6, 6.07) is 3.50. The summed E-state index contributed by atoms with van der Waals surface area (Å²) in [7, 11) is 1.91. The summed E-state index contributed by atoms with van der Waals surface area (Å²) in [5.74, 6) is -0.854. The highest BCUT2D eigenvalue weighted by atomic mass is 32.1. The molecule has 0 aliphatic carbocycles. The molecule has 0 radical (unpaired) electrons. The van der Waals surface area contributed by atoms with Gasteiger partial charge in [0.05, 0.1) is 19.8 Å². The summed E-state index contributed by atoms with van der Waals surface area (Å²) in [5, 5.41) is 14.3. The molecule has 0 aliphatic heterocycles. The van der Waals surface area contributed by atoms with Gasteiger partial charge in [0.2, 0.25) is 5.91 Å². The summed E-state index contributed by atoms with van der Waals surface area (Å²) in [6.45, 7) is 8.03. The molecule has 0 unspecified atom stereocenters. The molecule has 0 aromatic carbocycles. The highest BCUT2D eigenvalue weighted by molar-refractivity contribution is 7.80. The molecule has 13 heteroatoms. The summed E-state index contributed by atoms with van der Waals surface area (Å²) < 4.78 is 11.5. The van der Waals surface area contributed by atoms with Gasteiger partial charge in [0.15, 0.2) is 0 Å². The number of hydrogen-bond donors (Lipinski definition) is 6. The fourth-order valence-corrected chi connectivity index (χ4v) is 3.68. The highest BCUT2D eigenvalue weighted by Gasteiger charge is 2.15. The average Bonchev–Trinajstić information content (AvgIpc) is 2.96. The number of thiocarbonyl (C=S) groups is 1. The van der Waals surface area contributed by atoms with Crippen molar-refractivity contribution >= 4 is 47.1 Å². The minimum atomic E-state index is -0.372. The molecule has 41 heavy (non-hydrogen) atoms. The monoisotopic (exact) mass is 608 g/mol. The number of amides is 3. The molecule has 6 N–H and O–H groups in total. The number of unbranched alkanes of at least 4 members (excludes halogenated alkanes) is 1. The van der Waals surface area contributed by atoms with Gasteiger partial charge in [-0.1, -0.05) is 30.5 Å². The van der Waals surface area contributed by atoms with Crippen LogP contribution in [-0.2, 0) is 19.1 Å². The fraction of sp³-hybridized carbons (Fsp3) is 0.571. The number of rotatable bonds is 21. The Morgan fingerprint density at radius 1 is 0.902 bits per heavy atom. The maximum atomic E-state index is 12.6. The van der Waals surface area contributed by atoms with Crippen LogP contribution in [0.2, 0.25) is 0 Å². The Balaban J connectivity index is 2.19. The molecule has 0 atom stereocenters. The Labute approximate surface area is 253 Å². The van der Waals surface area contributed by atoms with Gasteiger partial charge in [0.25, 0.3) is 11.8 Å². The van der Waals surface area contributed by atoms with E-state index in [1.807, 2.05) is 14.0 Å². The Morgan fingerprint density at radius 3 is 2.17 bits per heavy atom. The first-order valence-electron chi connectivity index (χ1n) is 13.8. The number of hydrogen-bond acceptors (Lipinski definition) is 8. The molecule has 0 aliphatic rings. The number of pyridine rings is 1. The number of H-pyrrole nitrogens is 1. The smallest absolute Gasteiger partial charge is 0.267 e. The molecule has 11 nitrogen and oxygen atoms in total. The molecule has 0 saturated heterocycles. The van der Waals surface area contributed by atoms with Crippen molar-refractivity contribution in [2.75, 3.05) is 66.2 Å². The fourth-order valence-electron chi connectivity index (χ4n) is 3.28. The number of ether oxygens (including phenoxy) is 2. The summed E-state index contributed by atoms with van der Waals surface area (Å²) in [6.07, 6.45) is 4.56. The van der Waals surface area contributed by atoms with Crippen molar-refractivity contribution in [3.63, 3.8) is 0 Å². The average molecular weight is 609 g/mol. The molecule has 3 amide bonds. The first kappa shape index (κ1) is 36.1. The first-order valence-corrected chi connectivity index (χ1v) is 14.6. The minimum Gasteiger partial charge on any atom is -0.379 e. The Hall–Kier alpha value is -2.93. The van der Waals surface area contributed by atoms with E-state index in [-0.39, 0.29) is 34.8 Å². The third-order valence-electron chi connectivity index (χ3n) is 5.55. The van der Waals surface area contributed by atoms with E-state index < -0.39 is 0 Å². The zero-order valence-electron chi connectivity index (χ0n) is 24.3. The van der Waals surface area contributed by atoms with Crippen LogP contribution in [0.25, 0.3) is 0 Å². The molecule has 1 rings (SSSR count). The minimum absolute atomic E-state index is 0.0741. The van der Waals surface area contributed by atoms with Crippen molar-refractivity contribution < 1.29 is 23.9 Å². The Kier molecular flexibility index (Phi) is 20.0. The number of aromatic nitrogens is 1. The Morgan fingerprint density at radius 2 is 1.54 bits per heavy atom. The number of aromatic amines is 1. The maximum absolute atomic E-state index is 12.6. The number of carbonyl (C=O) groups excluding carboxylic acids is 3. The third kappa shape index (κ3) is 16.8. The van der Waals surface area contributed by atoms with Crippen molar-refractivity contribution in [1.82, 2.24) is 31.6 Å². The van der Waals surface area contributed by atoms with Gasteiger partial charge in [0.1, 0.15) is 20.9 Å². The van der Waals surface area contributed by atoms with E-state index in [9.17, 15) is 14.4 Å². The zero-order valence-corrected chi connectivity index (χ0v) is 25.9. The second-order valence-electron chi connectivity index (χ2n) is 8.98. The standard InChI is InChI=1S/C28H44N6O5S2/c1-4-9-22(25(36)31-15-8-17-39-19-18-38-16-7-12-29-3)28(41)33-20-24(35)30-13-5-6-14-32-26(37)23-11-10-21(2)27(40)34-23/h4,10-11,29H,5-8,12-20H2,1-3H3,(H,30,35)(H,31,36)(H,32,37)(H,33,41)(H,34,40). The van der Waals surface area contributed by atoms with Gasteiger partial charge in [-0.05, 0) is 70.8 Å². The van der Waals surface area contributed by atoms with Crippen LogP contribution < -0.4 is 26.6 Å². The van der Waals surface area contributed by atoms with E-state index in [0.717, 1.165) is 18.5 Å². The van der Waals surface area contributed by atoms with E-state index in [2.05, 4.69) is 37.3 Å². The first-order chi connectivity index (χ1) is 19.8. The molecular formula is C28H44N6O5S2. The van der Waals surface area contributed by atoms with Gasteiger partial charge in [-0.3, -0.25) is 14.4 Å². The molecule has 228 valence electrons. The maximum Gasteiger partial charge on any atom is 0.267 e. The molecule has 0 saturated carbocycles. The normalized spacial score (nSPS) is 10.3. The quantitative estimate of drug-likeness (QED) is 0.0533. The van der Waals surface area contributed by atoms with E-state index in [0.29, 0.717) is 75.7 Å². The number of aryl methyl sites for hydroxylation is 1. The van der Waals surface area contributed by atoms with Crippen LogP contribution in [0, 0.1) is 11.6 Å². The van der Waals surface area contributed by atoms with Crippen LogP contribution in [-0.4, -0.2) is 93.9 Å². The van der Waals surface area contributed by atoms with E-state index in [1.54, 1.807) is 25.1 Å². The van der Waals surface area contributed by atoms with Gasteiger partial charge in [0, 0.05) is 32.8 Å². The van der Waals surface area contributed by atoms with Gasteiger partial charge in [-0.15, -0.1) is 5.73 Å². The molecular weight excluding hydrogens is 564 g/mol. The van der Waals surface area contributed by atoms with Crippen molar-refractivity contribution in [2.24, 2.45) is 0 Å². The van der Waals surface area contributed by atoms with Crippen molar-refractivity contribution in [2.45, 2.75) is 39.5 Å². The largest absolute Gasteiger partial charge is 0.379 e. The van der Waals surface area contributed by atoms with Crippen LogP contribution in [0.5, 0.6) is 0 Å². The number of nitrogens with one attached hydrogen (secondary N) is 6. The molecule has 0 bridgehead atoms. The van der Waals surface area contributed by atoms with Gasteiger partial charge in [-0.2, -0.15) is 0 Å². The molecule has 1 heterocycles. The van der Waals surface area contributed by atoms with E-state index >= 15 is 0 Å². The molecule has 0 fully saturated rings. The number of carbonyl (C=O) groups is 3. The lowest BCUT2D eigenvalue weighted by Crippen LogP contribution is -2.40. The Bertz CT molecular complexity index is 1100. The third-order valence-corrected chi connectivity index (χ3v) is 6.33. The molecule has 0 spiro atoms. The summed E-state index contributed by atoms with van der Waals surface area (Å²) >= 11 is 10.5. The van der Waals surface area contributed by atoms with Crippen LogP contribution >= 0.6 is 24.4 Å². The highest BCUT2D eigenvalue weighted by Crippen LogP contribution is 2.02. The predicted molar refractivity (Wildman–Crippen MR) is 167 cm³/mol. The van der Waals surface area contributed by atoms with Crippen molar-refractivity contribution in [1.29, 1.82) is 0 Å². The lowest BCUT2D eigenvalue weighted by molar-refractivity contribution is -0.120. The van der Waals surface area contributed by atoms with Gasteiger partial charge >= 0.3 is 0 Å². The second-order valence-corrected chi connectivity index (χ2v) is 9.80. The zero-order chi connectivity index (χ0) is 30.3. The molecule has 1 aromatic rings. The van der Waals surface area contributed by atoms with Crippen LogP contribution in [0.3, 0.4) is 0 Å². The van der Waals surface area contributed by atoms with Crippen molar-refractivity contribution in [3.05, 3.63) is 45.4 Å². The van der Waals surface area contributed by atoms with Gasteiger partial charge < -0.3 is 41.0 Å².